The zero-order valence-electron chi connectivity index (χ0n) is 12.2. The van der Waals surface area contributed by atoms with Gasteiger partial charge in [0.2, 0.25) is 10.0 Å². The number of hydrogen-bond donors (Lipinski definition) is 2. The first-order chi connectivity index (χ1) is 9.89. The second-order valence-corrected chi connectivity index (χ2v) is 6.57. The van der Waals surface area contributed by atoms with Gasteiger partial charge >= 0.3 is 0 Å². The third kappa shape index (κ3) is 8.34. The van der Waals surface area contributed by atoms with E-state index in [4.69, 9.17) is 15.2 Å². The Labute approximate surface area is 126 Å². The minimum Gasteiger partial charge on any atom is -0.492 e. The van der Waals surface area contributed by atoms with Crippen molar-refractivity contribution in [1.82, 2.24) is 4.72 Å². The molecule has 6 nitrogen and oxygen atoms in total. The van der Waals surface area contributed by atoms with Gasteiger partial charge in [0.05, 0.1) is 19.0 Å². The van der Waals surface area contributed by atoms with E-state index in [0.717, 1.165) is 5.57 Å². The number of sulfonamides is 1. The Morgan fingerprint density at radius 2 is 1.95 bits per heavy atom. The highest BCUT2D eigenvalue weighted by Crippen LogP contribution is 2.12. The van der Waals surface area contributed by atoms with Gasteiger partial charge in [-0.1, -0.05) is 12.2 Å². The Balaban J connectivity index is 2.20. The summed E-state index contributed by atoms with van der Waals surface area (Å²) in [6.07, 6.45) is 0. The number of anilines is 1. The van der Waals surface area contributed by atoms with Crippen molar-refractivity contribution >= 4 is 15.7 Å². The predicted molar refractivity (Wildman–Crippen MR) is 83.8 cm³/mol. The highest BCUT2D eigenvalue weighted by atomic mass is 32.2. The van der Waals surface area contributed by atoms with Gasteiger partial charge in [0, 0.05) is 12.2 Å². The maximum absolute atomic E-state index is 11.7. The van der Waals surface area contributed by atoms with E-state index in [1.54, 1.807) is 24.3 Å². The quantitative estimate of drug-likeness (QED) is 0.384. The predicted octanol–water partition coefficient (Wildman–Crippen LogP) is 1.16. The molecule has 0 saturated carbocycles. The lowest BCUT2D eigenvalue weighted by Gasteiger charge is -2.09. The molecule has 0 radical (unpaired) electrons. The Morgan fingerprint density at radius 3 is 2.57 bits per heavy atom. The monoisotopic (exact) mass is 314 g/mol. The van der Waals surface area contributed by atoms with Crippen molar-refractivity contribution in [2.24, 2.45) is 0 Å². The molecule has 0 unspecified atom stereocenters. The SMILES string of the molecule is C=C(C)COCCNS(=O)(=O)CCOc1ccc(N)cc1. The van der Waals surface area contributed by atoms with E-state index in [1.807, 2.05) is 6.92 Å². The van der Waals surface area contributed by atoms with Crippen LogP contribution in [0.1, 0.15) is 6.92 Å². The van der Waals surface area contributed by atoms with Crippen molar-refractivity contribution in [3.05, 3.63) is 36.4 Å². The molecule has 0 aliphatic heterocycles. The number of hydrogen-bond acceptors (Lipinski definition) is 5. The van der Waals surface area contributed by atoms with Crippen LogP contribution in [-0.2, 0) is 14.8 Å². The second-order valence-electron chi connectivity index (χ2n) is 4.64. The zero-order chi connectivity index (χ0) is 15.7. The van der Waals surface area contributed by atoms with Gasteiger partial charge in [0.1, 0.15) is 12.4 Å². The third-order valence-electron chi connectivity index (χ3n) is 2.42. The van der Waals surface area contributed by atoms with Crippen LogP contribution < -0.4 is 15.2 Å². The van der Waals surface area contributed by atoms with E-state index in [0.29, 0.717) is 24.7 Å². The Hall–Kier alpha value is -1.57. The fourth-order valence-corrected chi connectivity index (χ4v) is 2.26. The van der Waals surface area contributed by atoms with E-state index < -0.39 is 10.0 Å². The first-order valence-corrected chi connectivity index (χ1v) is 8.22. The van der Waals surface area contributed by atoms with Crippen molar-refractivity contribution in [3.8, 4) is 5.75 Å². The smallest absolute Gasteiger partial charge is 0.215 e. The zero-order valence-corrected chi connectivity index (χ0v) is 13.0. The molecule has 0 atom stereocenters. The lowest BCUT2D eigenvalue weighted by molar-refractivity contribution is 0.162. The topological polar surface area (TPSA) is 90.6 Å². The van der Waals surface area contributed by atoms with E-state index in [9.17, 15) is 8.42 Å². The van der Waals surface area contributed by atoms with Crippen molar-refractivity contribution in [2.75, 3.05) is 37.9 Å². The molecule has 0 spiro atoms. The van der Waals surface area contributed by atoms with Gasteiger partial charge in [-0.15, -0.1) is 0 Å². The average Bonchev–Trinajstić information content (AvgIpc) is 2.40. The molecule has 3 N–H and O–H groups in total. The van der Waals surface area contributed by atoms with Crippen LogP contribution in [0.25, 0.3) is 0 Å². The number of nitrogen functional groups attached to an aromatic ring is 1. The fraction of sp³-hybridized carbons (Fsp3) is 0.429. The normalized spacial score (nSPS) is 11.3. The Bertz CT molecular complexity index is 541. The molecule has 0 bridgehead atoms. The number of nitrogens with two attached hydrogens (primary N) is 1. The van der Waals surface area contributed by atoms with Crippen LogP contribution in [0.3, 0.4) is 0 Å². The summed E-state index contributed by atoms with van der Waals surface area (Å²) in [5.41, 5.74) is 7.07. The number of ether oxygens (including phenoxy) is 2. The molecule has 7 heteroatoms. The van der Waals surface area contributed by atoms with Gasteiger partial charge < -0.3 is 15.2 Å². The summed E-state index contributed by atoms with van der Waals surface area (Å²) < 4.78 is 36.4. The number of benzene rings is 1. The maximum atomic E-state index is 11.7. The largest absolute Gasteiger partial charge is 0.492 e. The summed E-state index contributed by atoms with van der Waals surface area (Å²) in [6, 6.07) is 6.78. The number of nitrogens with one attached hydrogen (secondary N) is 1. The van der Waals surface area contributed by atoms with Crippen molar-refractivity contribution in [1.29, 1.82) is 0 Å². The maximum Gasteiger partial charge on any atom is 0.215 e. The minimum absolute atomic E-state index is 0.0753. The van der Waals surface area contributed by atoms with Crippen LogP contribution in [0.2, 0.25) is 0 Å². The molecule has 1 aromatic rings. The summed E-state index contributed by atoms with van der Waals surface area (Å²) in [5, 5.41) is 0. The van der Waals surface area contributed by atoms with Crippen molar-refractivity contribution in [3.63, 3.8) is 0 Å². The van der Waals surface area contributed by atoms with Crippen LogP contribution >= 0.6 is 0 Å². The van der Waals surface area contributed by atoms with E-state index in [-0.39, 0.29) is 18.9 Å². The lowest BCUT2D eigenvalue weighted by atomic mass is 10.3. The van der Waals surface area contributed by atoms with Crippen molar-refractivity contribution < 1.29 is 17.9 Å². The summed E-state index contributed by atoms with van der Waals surface area (Å²) in [4.78, 5) is 0. The molecule has 118 valence electrons. The molecule has 0 aliphatic rings. The highest BCUT2D eigenvalue weighted by Gasteiger charge is 2.09. The van der Waals surface area contributed by atoms with Crippen LogP contribution in [-0.4, -0.2) is 40.5 Å². The van der Waals surface area contributed by atoms with Gasteiger partial charge in [0.25, 0.3) is 0 Å². The molecule has 1 aromatic carbocycles. The van der Waals surface area contributed by atoms with Crippen LogP contribution in [0.15, 0.2) is 36.4 Å². The molecule has 0 saturated heterocycles. The molecule has 1 rings (SSSR count). The molecule has 0 aromatic heterocycles. The lowest BCUT2D eigenvalue weighted by Crippen LogP contribution is -2.31. The van der Waals surface area contributed by atoms with Gasteiger partial charge in [-0.05, 0) is 31.2 Å². The third-order valence-corrected chi connectivity index (χ3v) is 3.77. The second kappa shape index (κ2) is 8.66. The van der Waals surface area contributed by atoms with Gasteiger partial charge in [-0.25, -0.2) is 13.1 Å². The summed E-state index contributed by atoms with van der Waals surface area (Å²) >= 11 is 0. The molecule has 21 heavy (non-hydrogen) atoms. The minimum atomic E-state index is -3.36. The van der Waals surface area contributed by atoms with Crippen LogP contribution in [0.4, 0.5) is 5.69 Å². The molecule has 0 fully saturated rings. The van der Waals surface area contributed by atoms with Gasteiger partial charge in [0.15, 0.2) is 0 Å². The first-order valence-electron chi connectivity index (χ1n) is 6.57. The molecule has 0 amide bonds. The highest BCUT2D eigenvalue weighted by molar-refractivity contribution is 7.89. The van der Waals surface area contributed by atoms with Crippen LogP contribution in [0, 0.1) is 0 Å². The first kappa shape index (κ1) is 17.5. The van der Waals surface area contributed by atoms with Gasteiger partial charge in [-0.2, -0.15) is 0 Å². The Kier molecular flexibility index (Phi) is 7.21. The van der Waals surface area contributed by atoms with Crippen LogP contribution in [0.5, 0.6) is 5.75 Å². The molecule has 0 heterocycles. The van der Waals surface area contributed by atoms with E-state index in [2.05, 4.69) is 11.3 Å². The number of rotatable bonds is 10. The molecule has 0 aliphatic carbocycles. The standard InChI is InChI=1S/C14H22N2O4S/c1-12(2)11-19-8-7-16-21(17,18)10-9-20-14-5-3-13(15)4-6-14/h3-6,16H,1,7-11,15H2,2H3. The van der Waals surface area contributed by atoms with E-state index in [1.165, 1.54) is 0 Å². The Morgan fingerprint density at radius 1 is 1.29 bits per heavy atom. The molecular formula is C14H22N2O4S. The average molecular weight is 314 g/mol. The van der Waals surface area contributed by atoms with Gasteiger partial charge in [-0.3, -0.25) is 0 Å². The molecular weight excluding hydrogens is 292 g/mol. The summed E-state index contributed by atoms with van der Waals surface area (Å²) in [5.74, 6) is 0.474. The fourth-order valence-electron chi connectivity index (χ4n) is 1.42. The van der Waals surface area contributed by atoms with E-state index >= 15 is 0 Å². The van der Waals surface area contributed by atoms with Crippen molar-refractivity contribution in [2.45, 2.75) is 6.92 Å². The summed E-state index contributed by atoms with van der Waals surface area (Å²) in [7, 11) is -3.36. The summed E-state index contributed by atoms with van der Waals surface area (Å²) in [6.45, 7) is 6.59.